The standard InChI is InChI=1S/C24H24N2O2S/c27-23(17-20-6-3-5-19-4-1-2-7-22(19)20)25-21-10-8-18(9-11-21)16-24(28)26-12-14-29-15-13-26/h1-11H,12-17H2,(H,25,27). The van der Waals surface area contributed by atoms with Gasteiger partial charge in [-0.25, -0.2) is 0 Å². The third-order valence-electron chi connectivity index (χ3n) is 5.19. The van der Waals surface area contributed by atoms with E-state index >= 15 is 0 Å². The van der Waals surface area contributed by atoms with E-state index in [9.17, 15) is 9.59 Å². The Hall–Kier alpha value is -2.79. The molecule has 4 rings (SSSR count). The van der Waals surface area contributed by atoms with E-state index in [0.717, 1.165) is 52.2 Å². The molecule has 4 nitrogen and oxygen atoms in total. The molecule has 5 heteroatoms. The highest BCUT2D eigenvalue weighted by atomic mass is 32.2. The molecular formula is C24H24N2O2S. The Balaban J connectivity index is 1.35. The number of carbonyl (C=O) groups excluding carboxylic acids is 2. The van der Waals surface area contributed by atoms with E-state index in [1.54, 1.807) is 0 Å². The first kappa shape index (κ1) is 19.5. The van der Waals surface area contributed by atoms with Crippen molar-refractivity contribution in [3.05, 3.63) is 77.9 Å². The summed E-state index contributed by atoms with van der Waals surface area (Å²) in [5.41, 5.74) is 2.74. The molecule has 2 amide bonds. The van der Waals surface area contributed by atoms with E-state index in [4.69, 9.17) is 0 Å². The van der Waals surface area contributed by atoms with Crippen LogP contribution in [0.2, 0.25) is 0 Å². The second kappa shape index (κ2) is 9.14. The van der Waals surface area contributed by atoms with Crippen molar-refractivity contribution >= 4 is 40.0 Å². The fraction of sp³-hybridized carbons (Fsp3) is 0.250. The summed E-state index contributed by atoms with van der Waals surface area (Å²) in [5.74, 6) is 2.18. The van der Waals surface area contributed by atoms with Gasteiger partial charge in [-0.3, -0.25) is 9.59 Å². The highest BCUT2D eigenvalue weighted by Gasteiger charge is 2.16. The van der Waals surface area contributed by atoms with Gasteiger partial charge in [0.1, 0.15) is 0 Å². The molecular weight excluding hydrogens is 380 g/mol. The minimum absolute atomic E-state index is 0.0454. The lowest BCUT2D eigenvalue weighted by atomic mass is 10.0. The Morgan fingerprint density at radius 2 is 1.59 bits per heavy atom. The molecule has 3 aromatic rings. The molecule has 0 radical (unpaired) electrons. The van der Waals surface area contributed by atoms with Crippen molar-refractivity contribution in [3.8, 4) is 0 Å². The average molecular weight is 405 g/mol. The van der Waals surface area contributed by atoms with Crippen LogP contribution in [0.1, 0.15) is 11.1 Å². The Bertz CT molecular complexity index is 1010. The van der Waals surface area contributed by atoms with Gasteiger partial charge in [-0.15, -0.1) is 0 Å². The van der Waals surface area contributed by atoms with E-state index in [2.05, 4.69) is 17.4 Å². The van der Waals surface area contributed by atoms with Crippen molar-refractivity contribution in [3.63, 3.8) is 0 Å². The monoisotopic (exact) mass is 404 g/mol. The van der Waals surface area contributed by atoms with Crippen LogP contribution in [0.4, 0.5) is 5.69 Å². The molecule has 1 aliphatic heterocycles. The second-order valence-electron chi connectivity index (χ2n) is 7.23. The van der Waals surface area contributed by atoms with Gasteiger partial charge in [-0.2, -0.15) is 11.8 Å². The highest BCUT2D eigenvalue weighted by molar-refractivity contribution is 7.99. The topological polar surface area (TPSA) is 49.4 Å². The van der Waals surface area contributed by atoms with Gasteiger partial charge in [0.25, 0.3) is 0 Å². The lowest BCUT2D eigenvalue weighted by Gasteiger charge is -2.26. The maximum atomic E-state index is 12.5. The number of carbonyl (C=O) groups is 2. The Morgan fingerprint density at radius 1 is 0.862 bits per heavy atom. The zero-order chi connectivity index (χ0) is 20.1. The zero-order valence-corrected chi connectivity index (χ0v) is 17.1. The smallest absolute Gasteiger partial charge is 0.228 e. The van der Waals surface area contributed by atoms with E-state index in [1.165, 1.54) is 0 Å². The maximum absolute atomic E-state index is 12.5. The van der Waals surface area contributed by atoms with E-state index in [1.807, 2.05) is 71.3 Å². The van der Waals surface area contributed by atoms with Crippen LogP contribution in [-0.2, 0) is 22.4 Å². The number of benzene rings is 3. The van der Waals surface area contributed by atoms with Crippen molar-refractivity contribution < 1.29 is 9.59 Å². The zero-order valence-electron chi connectivity index (χ0n) is 16.3. The van der Waals surface area contributed by atoms with Crippen molar-refractivity contribution in [2.75, 3.05) is 29.9 Å². The molecule has 0 bridgehead atoms. The predicted octanol–water partition coefficient (Wildman–Crippen LogP) is 4.14. The van der Waals surface area contributed by atoms with Crippen LogP contribution in [0, 0.1) is 0 Å². The molecule has 0 aliphatic carbocycles. The first-order valence-electron chi connectivity index (χ1n) is 9.90. The van der Waals surface area contributed by atoms with Crippen LogP contribution < -0.4 is 5.32 Å². The maximum Gasteiger partial charge on any atom is 0.228 e. The lowest BCUT2D eigenvalue weighted by Crippen LogP contribution is -2.38. The molecule has 1 aliphatic rings. The summed E-state index contributed by atoms with van der Waals surface area (Å²) in [7, 11) is 0. The van der Waals surface area contributed by atoms with Gasteiger partial charge < -0.3 is 10.2 Å². The van der Waals surface area contributed by atoms with E-state index in [-0.39, 0.29) is 11.8 Å². The summed E-state index contributed by atoms with van der Waals surface area (Å²) in [6, 6.07) is 21.7. The van der Waals surface area contributed by atoms with Crippen LogP contribution in [0.5, 0.6) is 0 Å². The summed E-state index contributed by atoms with van der Waals surface area (Å²) in [4.78, 5) is 26.8. The van der Waals surface area contributed by atoms with Gasteiger partial charge in [0.15, 0.2) is 0 Å². The molecule has 1 heterocycles. The van der Waals surface area contributed by atoms with Crippen molar-refractivity contribution in [1.82, 2.24) is 4.90 Å². The molecule has 0 aromatic heterocycles. The number of nitrogens with zero attached hydrogens (tertiary/aromatic N) is 1. The summed E-state index contributed by atoms with van der Waals surface area (Å²) >= 11 is 1.90. The van der Waals surface area contributed by atoms with E-state index < -0.39 is 0 Å². The molecule has 148 valence electrons. The van der Waals surface area contributed by atoms with Gasteiger partial charge in [0, 0.05) is 30.3 Å². The summed E-state index contributed by atoms with van der Waals surface area (Å²) < 4.78 is 0. The van der Waals surface area contributed by atoms with Gasteiger partial charge >= 0.3 is 0 Å². The number of hydrogen-bond acceptors (Lipinski definition) is 3. The molecule has 1 fully saturated rings. The molecule has 1 saturated heterocycles. The van der Waals surface area contributed by atoms with E-state index in [0.29, 0.717) is 12.8 Å². The third kappa shape index (κ3) is 4.98. The molecule has 29 heavy (non-hydrogen) atoms. The Morgan fingerprint density at radius 3 is 2.38 bits per heavy atom. The molecule has 0 spiro atoms. The number of anilines is 1. The quantitative estimate of drug-likeness (QED) is 0.695. The lowest BCUT2D eigenvalue weighted by molar-refractivity contribution is -0.130. The molecule has 0 saturated carbocycles. The molecule has 0 atom stereocenters. The van der Waals surface area contributed by atoms with Gasteiger partial charge in [0.05, 0.1) is 12.8 Å². The minimum atomic E-state index is -0.0454. The van der Waals surface area contributed by atoms with Crippen molar-refractivity contribution in [2.24, 2.45) is 0 Å². The summed E-state index contributed by atoms with van der Waals surface area (Å²) in [5, 5.41) is 5.21. The molecule has 3 aromatic carbocycles. The Kier molecular flexibility index (Phi) is 6.15. The normalized spacial score (nSPS) is 14.0. The number of thioether (sulfide) groups is 1. The van der Waals surface area contributed by atoms with Crippen LogP contribution in [-0.4, -0.2) is 41.3 Å². The van der Waals surface area contributed by atoms with Crippen molar-refractivity contribution in [2.45, 2.75) is 12.8 Å². The van der Waals surface area contributed by atoms with Crippen LogP contribution in [0.15, 0.2) is 66.7 Å². The van der Waals surface area contributed by atoms with Gasteiger partial charge in [-0.05, 0) is 34.0 Å². The number of nitrogens with one attached hydrogen (secondary N) is 1. The van der Waals surface area contributed by atoms with Crippen LogP contribution >= 0.6 is 11.8 Å². The minimum Gasteiger partial charge on any atom is -0.341 e. The van der Waals surface area contributed by atoms with Gasteiger partial charge in [0.2, 0.25) is 11.8 Å². The summed E-state index contributed by atoms with van der Waals surface area (Å²) in [6.45, 7) is 1.68. The molecule has 0 unspecified atom stereocenters. The van der Waals surface area contributed by atoms with Crippen molar-refractivity contribution in [1.29, 1.82) is 0 Å². The fourth-order valence-corrected chi connectivity index (χ4v) is 4.53. The largest absolute Gasteiger partial charge is 0.341 e. The first-order chi connectivity index (χ1) is 14.2. The predicted molar refractivity (Wildman–Crippen MR) is 120 cm³/mol. The number of fused-ring (bicyclic) bond motifs is 1. The average Bonchev–Trinajstić information content (AvgIpc) is 2.76. The SMILES string of the molecule is O=C(Cc1cccc2ccccc12)Nc1ccc(CC(=O)N2CCSCC2)cc1. The third-order valence-corrected chi connectivity index (χ3v) is 6.13. The fourth-order valence-electron chi connectivity index (χ4n) is 3.63. The number of rotatable bonds is 5. The highest BCUT2D eigenvalue weighted by Crippen LogP contribution is 2.20. The first-order valence-corrected chi connectivity index (χ1v) is 11.1. The van der Waals surface area contributed by atoms with Gasteiger partial charge in [-0.1, -0.05) is 54.6 Å². The molecule has 1 N–H and O–H groups in total. The van der Waals surface area contributed by atoms with Crippen LogP contribution in [0.3, 0.4) is 0 Å². The second-order valence-corrected chi connectivity index (χ2v) is 8.45. The number of amides is 2. The summed E-state index contributed by atoms with van der Waals surface area (Å²) in [6.07, 6.45) is 0.740. The number of hydrogen-bond donors (Lipinski definition) is 1. The van der Waals surface area contributed by atoms with Crippen LogP contribution in [0.25, 0.3) is 10.8 Å². The Labute approximate surface area is 175 Å².